The third-order valence-electron chi connectivity index (χ3n) is 3.66. The smallest absolute Gasteiger partial charge is 0.303 e. The minimum Gasteiger partial charge on any atom is -0.481 e. The average molecular weight is 340 g/mol. The number of nitrogens with one attached hydrogen (secondary N) is 1. The molecule has 1 aromatic rings. The van der Waals surface area contributed by atoms with Crippen LogP contribution in [0.15, 0.2) is 24.3 Å². The molecule has 0 aliphatic carbocycles. The number of sulfonamides is 1. The maximum atomic E-state index is 11.9. The summed E-state index contributed by atoms with van der Waals surface area (Å²) < 4.78 is 24.6. The van der Waals surface area contributed by atoms with Crippen molar-refractivity contribution in [3.63, 3.8) is 0 Å². The van der Waals surface area contributed by atoms with Crippen LogP contribution in [0.3, 0.4) is 0 Å². The number of carboxylic acid groups (broad SMARTS) is 1. The number of carboxylic acids is 1. The zero-order valence-electron chi connectivity index (χ0n) is 12.7. The van der Waals surface area contributed by atoms with E-state index in [0.29, 0.717) is 25.1 Å². The lowest BCUT2D eigenvalue weighted by Crippen LogP contribution is -2.29. The summed E-state index contributed by atoms with van der Waals surface area (Å²) in [6, 6.07) is 6.95. The highest BCUT2D eigenvalue weighted by molar-refractivity contribution is 7.89. The maximum absolute atomic E-state index is 11.9. The van der Waals surface area contributed by atoms with Gasteiger partial charge < -0.3 is 10.4 Å². The van der Waals surface area contributed by atoms with E-state index in [2.05, 4.69) is 5.32 Å². The van der Waals surface area contributed by atoms with Crippen LogP contribution in [-0.4, -0.2) is 48.5 Å². The summed E-state index contributed by atoms with van der Waals surface area (Å²) in [5.74, 6) is -0.934. The average Bonchev–Trinajstić information content (AvgIpc) is 2.83. The lowest BCUT2D eigenvalue weighted by atomic mass is 10.1. The molecule has 1 fully saturated rings. The number of rotatable bonds is 7. The molecule has 0 saturated carbocycles. The SMILES string of the molecule is O=C(O)CCc1ccc(NC(=O)CCN2CCCS2(=O)=O)cc1. The van der Waals surface area contributed by atoms with Gasteiger partial charge in [0.05, 0.1) is 5.75 Å². The summed E-state index contributed by atoms with van der Waals surface area (Å²) in [5, 5.41) is 11.3. The van der Waals surface area contributed by atoms with E-state index >= 15 is 0 Å². The number of carbonyl (C=O) groups is 2. The van der Waals surface area contributed by atoms with Crippen LogP contribution in [0.2, 0.25) is 0 Å². The molecule has 8 heteroatoms. The van der Waals surface area contributed by atoms with E-state index in [9.17, 15) is 18.0 Å². The van der Waals surface area contributed by atoms with Gasteiger partial charge in [0.15, 0.2) is 0 Å². The third-order valence-corrected chi connectivity index (χ3v) is 5.61. The van der Waals surface area contributed by atoms with E-state index in [1.807, 2.05) is 0 Å². The fraction of sp³-hybridized carbons (Fsp3) is 0.467. The van der Waals surface area contributed by atoms with Crippen LogP contribution in [0.1, 0.15) is 24.8 Å². The number of hydrogen-bond donors (Lipinski definition) is 2. The Morgan fingerprint density at radius 3 is 2.43 bits per heavy atom. The van der Waals surface area contributed by atoms with Gasteiger partial charge in [0, 0.05) is 31.6 Å². The lowest BCUT2D eigenvalue weighted by Gasteiger charge is -2.13. The molecule has 1 amide bonds. The summed E-state index contributed by atoms with van der Waals surface area (Å²) in [6.07, 6.45) is 1.23. The van der Waals surface area contributed by atoms with Gasteiger partial charge >= 0.3 is 5.97 Å². The van der Waals surface area contributed by atoms with E-state index in [0.717, 1.165) is 5.56 Å². The normalized spacial score (nSPS) is 17.0. The molecule has 1 aromatic carbocycles. The van der Waals surface area contributed by atoms with Crippen LogP contribution in [0, 0.1) is 0 Å². The van der Waals surface area contributed by atoms with Gasteiger partial charge in [-0.1, -0.05) is 12.1 Å². The summed E-state index contributed by atoms with van der Waals surface area (Å²) in [6.45, 7) is 0.679. The van der Waals surface area contributed by atoms with Crippen molar-refractivity contribution in [2.45, 2.75) is 25.7 Å². The molecule has 0 unspecified atom stereocenters. The van der Waals surface area contributed by atoms with Crippen molar-refractivity contribution >= 4 is 27.6 Å². The van der Waals surface area contributed by atoms with Gasteiger partial charge in [-0.2, -0.15) is 0 Å². The maximum Gasteiger partial charge on any atom is 0.303 e. The van der Waals surface area contributed by atoms with E-state index in [4.69, 9.17) is 5.11 Å². The standard InChI is InChI=1S/C15H20N2O5S/c18-14(8-10-17-9-1-11-23(17,21)22)16-13-5-2-12(3-6-13)4-7-15(19)20/h2-3,5-6H,1,4,7-11H2,(H,16,18)(H,19,20). The molecule has 0 spiro atoms. The van der Waals surface area contributed by atoms with Gasteiger partial charge in [-0.3, -0.25) is 9.59 Å². The van der Waals surface area contributed by atoms with Crippen molar-refractivity contribution in [3.05, 3.63) is 29.8 Å². The van der Waals surface area contributed by atoms with Crippen molar-refractivity contribution in [1.82, 2.24) is 4.31 Å². The lowest BCUT2D eigenvalue weighted by molar-refractivity contribution is -0.137. The number of anilines is 1. The van der Waals surface area contributed by atoms with Crippen LogP contribution < -0.4 is 5.32 Å². The van der Waals surface area contributed by atoms with E-state index < -0.39 is 16.0 Å². The van der Waals surface area contributed by atoms with Crippen molar-refractivity contribution in [3.8, 4) is 0 Å². The predicted molar refractivity (Wildman–Crippen MR) is 85.6 cm³/mol. The highest BCUT2D eigenvalue weighted by atomic mass is 32.2. The zero-order chi connectivity index (χ0) is 16.9. The summed E-state index contributed by atoms with van der Waals surface area (Å²) in [4.78, 5) is 22.4. The van der Waals surface area contributed by atoms with Crippen molar-refractivity contribution < 1.29 is 23.1 Å². The summed E-state index contributed by atoms with van der Waals surface area (Å²) >= 11 is 0. The second kappa shape index (κ2) is 7.56. The van der Waals surface area contributed by atoms with Gasteiger partial charge in [0.25, 0.3) is 0 Å². The Bertz CT molecular complexity index is 670. The minimum absolute atomic E-state index is 0.0655. The van der Waals surface area contributed by atoms with Crippen LogP contribution in [0.4, 0.5) is 5.69 Å². The topological polar surface area (TPSA) is 104 Å². The molecule has 0 radical (unpaired) electrons. The first-order valence-corrected chi connectivity index (χ1v) is 9.06. The number of carbonyl (C=O) groups excluding carboxylic acids is 1. The van der Waals surface area contributed by atoms with E-state index in [-0.39, 0.29) is 31.0 Å². The highest BCUT2D eigenvalue weighted by Crippen LogP contribution is 2.15. The molecule has 1 aliphatic rings. The van der Waals surface area contributed by atoms with Gasteiger partial charge in [-0.25, -0.2) is 12.7 Å². The molecule has 1 aliphatic heterocycles. The van der Waals surface area contributed by atoms with Crippen molar-refractivity contribution in [2.24, 2.45) is 0 Å². The Hall–Kier alpha value is -1.93. The molecule has 0 bridgehead atoms. The fourth-order valence-corrected chi connectivity index (χ4v) is 3.93. The van der Waals surface area contributed by atoms with Crippen LogP contribution in [0.25, 0.3) is 0 Å². The van der Waals surface area contributed by atoms with Crippen LogP contribution in [0.5, 0.6) is 0 Å². The largest absolute Gasteiger partial charge is 0.481 e. The Labute approximate surface area is 135 Å². The fourth-order valence-electron chi connectivity index (χ4n) is 2.40. The Kier molecular flexibility index (Phi) is 5.73. The molecule has 0 atom stereocenters. The molecule has 1 saturated heterocycles. The number of benzene rings is 1. The molecule has 7 nitrogen and oxygen atoms in total. The number of amides is 1. The molecule has 2 N–H and O–H groups in total. The second-order valence-corrected chi connectivity index (χ2v) is 7.55. The molecule has 1 heterocycles. The van der Waals surface area contributed by atoms with E-state index in [1.54, 1.807) is 24.3 Å². The molecule has 2 rings (SSSR count). The van der Waals surface area contributed by atoms with Gasteiger partial charge in [0.1, 0.15) is 0 Å². The van der Waals surface area contributed by atoms with Crippen LogP contribution >= 0.6 is 0 Å². The number of hydrogen-bond acceptors (Lipinski definition) is 4. The first-order chi connectivity index (χ1) is 10.9. The second-order valence-electron chi connectivity index (χ2n) is 5.46. The van der Waals surface area contributed by atoms with Gasteiger partial charge in [-0.15, -0.1) is 0 Å². The number of aryl methyl sites for hydroxylation is 1. The predicted octanol–water partition coefficient (Wildman–Crippen LogP) is 1.07. The summed E-state index contributed by atoms with van der Waals surface area (Å²) in [5.41, 5.74) is 1.49. The van der Waals surface area contributed by atoms with Crippen molar-refractivity contribution in [2.75, 3.05) is 24.2 Å². The molecule has 126 valence electrons. The first-order valence-electron chi connectivity index (χ1n) is 7.45. The molecule has 0 aromatic heterocycles. The monoisotopic (exact) mass is 340 g/mol. The zero-order valence-corrected chi connectivity index (χ0v) is 13.5. The van der Waals surface area contributed by atoms with Crippen molar-refractivity contribution in [1.29, 1.82) is 0 Å². The number of aliphatic carboxylic acids is 1. The Morgan fingerprint density at radius 2 is 1.87 bits per heavy atom. The Balaban J connectivity index is 1.80. The summed E-state index contributed by atoms with van der Waals surface area (Å²) in [7, 11) is -3.17. The molecule has 23 heavy (non-hydrogen) atoms. The molecular formula is C15H20N2O5S. The van der Waals surface area contributed by atoms with Gasteiger partial charge in [0.2, 0.25) is 15.9 Å². The Morgan fingerprint density at radius 1 is 1.17 bits per heavy atom. The minimum atomic E-state index is -3.17. The molecular weight excluding hydrogens is 320 g/mol. The number of nitrogens with zero attached hydrogens (tertiary/aromatic N) is 1. The quantitative estimate of drug-likeness (QED) is 0.772. The highest BCUT2D eigenvalue weighted by Gasteiger charge is 2.28. The van der Waals surface area contributed by atoms with E-state index in [1.165, 1.54) is 4.31 Å². The first kappa shape index (κ1) is 17.4. The van der Waals surface area contributed by atoms with Crippen LogP contribution in [-0.2, 0) is 26.0 Å². The van der Waals surface area contributed by atoms with Gasteiger partial charge in [-0.05, 0) is 30.5 Å². The third kappa shape index (κ3) is 5.33.